The summed E-state index contributed by atoms with van der Waals surface area (Å²) < 4.78 is 35.0. The van der Waals surface area contributed by atoms with Gasteiger partial charge in [0.2, 0.25) is 5.91 Å². The highest BCUT2D eigenvalue weighted by atomic mass is 19.1. The molecule has 2 aromatic carbocycles. The van der Waals surface area contributed by atoms with Crippen molar-refractivity contribution in [3.8, 4) is 11.5 Å². The number of hydrogen-bond acceptors (Lipinski definition) is 9. The molecule has 8 rings (SSSR count). The molecule has 2 aliphatic carbocycles. The Morgan fingerprint density at radius 1 is 1.07 bits per heavy atom. The van der Waals surface area contributed by atoms with Crippen LogP contribution in [0.5, 0.6) is 11.5 Å². The van der Waals surface area contributed by atoms with Crippen molar-refractivity contribution in [1.82, 2.24) is 24.6 Å². The number of aromatic nitrogens is 3. The van der Waals surface area contributed by atoms with Gasteiger partial charge in [-0.15, -0.1) is 0 Å². The summed E-state index contributed by atoms with van der Waals surface area (Å²) in [6.07, 6.45) is 7.59. The van der Waals surface area contributed by atoms with E-state index >= 15 is 0 Å². The Hall–Kier alpha value is -5.08. The van der Waals surface area contributed by atoms with Gasteiger partial charge in [0.1, 0.15) is 23.4 Å². The van der Waals surface area contributed by atoms with Crippen LogP contribution in [0.15, 0.2) is 65.7 Å². The van der Waals surface area contributed by atoms with Gasteiger partial charge >= 0.3 is 0 Å². The lowest BCUT2D eigenvalue weighted by Crippen LogP contribution is -2.48. The van der Waals surface area contributed by atoms with Crippen molar-refractivity contribution in [3.63, 3.8) is 0 Å². The van der Waals surface area contributed by atoms with Gasteiger partial charge in [0.05, 0.1) is 42.5 Å². The highest BCUT2D eigenvalue weighted by Gasteiger charge is 2.40. The Bertz CT molecular complexity index is 2140. The van der Waals surface area contributed by atoms with Crippen molar-refractivity contribution in [3.05, 3.63) is 82.4 Å². The first-order chi connectivity index (χ1) is 27.1. The number of nitrogens with one attached hydrogen (secondary N) is 2. The van der Waals surface area contributed by atoms with Gasteiger partial charge < -0.3 is 24.1 Å². The maximum Gasteiger partial charge on any atom is 0.274 e. The summed E-state index contributed by atoms with van der Waals surface area (Å²) in [5.74, 6) is 0.429. The van der Waals surface area contributed by atoms with Crippen LogP contribution in [0.4, 0.5) is 10.1 Å². The molecule has 4 fully saturated rings. The zero-order valence-electron chi connectivity index (χ0n) is 31.8. The molecule has 3 amide bonds. The number of halogens is 1. The number of nitrogens with zero attached hydrogens (tertiary/aromatic N) is 4. The van der Waals surface area contributed by atoms with Crippen LogP contribution >= 0.6 is 0 Å². The predicted molar refractivity (Wildman–Crippen MR) is 207 cm³/mol. The molecular formula is C42H49FN6O7. The highest BCUT2D eigenvalue weighted by Crippen LogP contribution is 2.38. The number of morpholine rings is 1. The minimum Gasteiger partial charge on any atom is -0.490 e. The molecule has 2 N–H and O–H groups in total. The average molecular weight is 769 g/mol. The van der Waals surface area contributed by atoms with Gasteiger partial charge in [0.25, 0.3) is 17.4 Å². The van der Waals surface area contributed by atoms with Gasteiger partial charge in [0.15, 0.2) is 6.10 Å². The van der Waals surface area contributed by atoms with E-state index in [1.54, 1.807) is 24.4 Å². The quantitative estimate of drug-likeness (QED) is 0.182. The van der Waals surface area contributed by atoms with Crippen LogP contribution in [0.3, 0.4) is 0 Å². The molecule has 14 heteroatoms. The zero-order chi connectivity index (χ0) is 38.9. The van der Waals surface area contributed by atoms with Crippen molar-refractivity contribution in [2.45, 2.75) is 102 Å². The average Bonchev–Trinajstić information content (AvgIpc) is 3.76. The summed E-state index contributed by atoms with van der Waals surface area (Å²) in [4.78, 5) is 52.8. The number of hydrogen-bond donors (Lipinski definition) is 2. The lowest BCUT2D eigenvalue weighted by Gasteiger charge is -2.39. The topological polar surface area (TPSA) is 146 Å². The monoisotopic (exact) mass is 768 g/mol. The first-order valence-electron chi connectivity index (χ1n) is 19.8. The molecule has 2 saturated heterocycles. The number of piperidine rings is 1. The molecule has 296 valence electrons. The van der Waals surface area contributed by atoms with E-state index in [2.05, 4.69) is 15.5 Å². The zero-order valence-corrected chi connectivity index (χ0v) is 31.8. The van der Waals surface area contributed by atoms with Crippen LogP contribution in [-0.4, -0.2) is 87.7 Å². The van der Waals surface area contributed by atoms with Crippen molar-refractivity contribution in [2.75, 3.05) is 31.6 Å². The molecule has 13 nitrogen and oxygen atoms in total. The Kier molecular flexibility index (Phi) is 10.9. The second-order valence-electron chi connectivity index (χ2n) is 15.9. The van der Waals surface area contributed by atoms with Crippen LogP contribution in [0, 0.1) is 5.92 Å². The van der Waals surface area contributed by atoms with E-state index in [1.165, 1.54) is 16.2 Å². The van der Waals surface area contributed by atoms with E-state index in [0.717, 1.165) is 62.7 Å². The SMILES string of the molecule is CC(C)Oc1cc2nn([C@H]3CC[C@H](CN4CCOC[C@@H]4Cc4ccc(OC5CCC(=O)NC5=O)cc4)CC3)cc2cc1C(=O)Nc1cccn([C@H]2C[C@H]2F)c1=O. The Balaban J connectivity index is 0.885. The van der Waals surface area contributed by atoms with E-state index in [9.17, 15) is 23.6 Å². The summed E-state index contributed by atoms with van der Waals surface area (Å²) in [5, 5.41) is 10.8. The molecule has 0 spiro atoms. The van der Waals surface area contributed by atoms with Gasteiger partial charge in [-0.1, -0.05) is 12.1 Å². The number of benzene rings is 2. The molecule has 0 bridgehead atoms. The summed E-state index contributed by atoms with van der Waals surface area (Å²) >= 11 is 0. The van der Waals surface area contributed by atoms with Gasteiger partial charge in [-0.2, -0.15) is 5.10 Å². The fourth-order valence-electron chi connectivity index (χ4n) is 8.25. The Morgan fingerprint density at radius 3 is 2.59 bits per heavy atom. The highest BCUT2D eigenvalue weighted by molar-refractivity contribution is 6.08. The molecule has 4 atom stereocenters. The third-order valence-corrected chi connectivity index (χ3v) is 11.4. The van der Waals surface area contributed by atoms with E-state index in [4.69, 9.17) is 19.3 Å². The Morgan fingerprint density at radius 2 is 1.86 bits per heavy atom. The van der Waals surface area contributed by atoms with Crippen LogP contribution in [-0.2, 0) is 20.7 Å². The molecule has 56 heavy (non-hydrogen) atoms. The number of imide groups is 1. The Labute approximate surface area is 324 Å². The normalized spacial score (nSPS) is 25.6. The summed E-state index contributed by atoms with van der Waals surface area (Å²) in [6.45, 7) is 7.07. The van der Waals surface area contributed by atoms with Gasteiger partial charge in [-0.05, 0) is 87.8 Å². The molecule has 0 radical (unpaired) electrons. The van der Waals surface area contributed by atoms with Gasteiger partial charge in [-0.25, -0.2) is 4.39 Å². The molecule has 4 heterocycles. The maximum atomic E-state index is 13.7. The van der Waals surface area contributed by atoms with Gasteiger partial charge in [0, 0.05) is 62.2 Å². The van der Waals surface area contributed by atoms with E-state index in [0.29, 0.717) is 42.4 Å². The number of carbonyl (C=O) groups excluding carboxylic acids is 3. The lowest BCUT2D eigenvalue weighted by atomic mass is 9.85. The van der Waals surface area contributed by atoms with Crippen molar-refractivity contribution < 1.29 is 33.0 Å². The fraction of sp³-hybridized carbons (Fsp3) is 0.500. The second kappa shape index (κ2) is 16.2. The number of rotatable bonds is 12. The molecular weight excluding hydrogens is 719 g/mol. The van der Waals surface area contributed by atoms with Crippen LogP contribution in [0.25, 0.3) is 10.9 Å². The lowest BCUT2D eigenvalue weighted by molar-refractivity contribution is -0.138. The maximum absolute atomic E-state index is 13.7. The number of ether oxygens (including phenoxy) is 3. The minimum absolute atomic E-state index is 0.0934. The molecule has 2 saturated carbocycles. The predicted octanol–water partition coefficient (Wildman–Crippen LogP) is 5.38. The number of carbonyl (C=O) groups is 3. The van der Waals surface area contributed by atoms with E-state index in [-0.39, 0.29) is 42.1 Å². The molecule has 2 aliphatic heterocycles. The number of amides is 3. The van der Waals surface area contributed by atoms with Crippen molar-refractivity contribution >= 4 is 34.3 Å². The number of alkyl halides is 1. The van der Waals surface area contributed by atoms with Gasteiger partial charge in [-0.3, -0.25) is 34.1 Å². The molecule has 1 unspecified atom stereocenters. The third kappa shape index (κ3) is 8.51. The molecule has 2 aromatic heterocycles. The fourth-order valence-corrected chi connectivity index (χ4v) is 8.25. The van der Waals surface area contributed by atoms with E-state index in [1.807, 2.05) is 49.0 Å². The molecule has 4 aliphatic rings. The van der Waals surface area contributed by atoms with Crippen LogP contribution < -0.4 is 25.7 Å². The smallest absolute Gasteiger partial charge is 0.274 e. The minimum atomic E-state index is -1.05. The first kappa shape index (κ1) is 37.8. The number of fused-ring (bicyclic) bond motifs is 1. The van der Waals surface area contributed by atoms with Crippen LogP contribution in [0.1, 0.15) is 86.8 Å². The third-order valence-electron chi connectivity index (χ3n) is 11.4. The standard InChI is InChI=1S/C42H49FN6O7/c1-25(2)55-38-21-35-28(19-32(38)40(51)44-34-4-3-15-48(42(34)53)36-20-33(36)43)23-49(46-35)29-9-5-27(6-10-29)22-47-16-17-54-24-30(47)18-26-7-11-31(12-8-26)56-37-13-14-39(50)45-41(37)52/h3-4,7-8,11-12,15,19,21,23,25,27,29-30,33,36-37H,5-6,9-10,13-14,16-18,20,22,24H2,1-2H3,(H,44,51)(H,45,50,52)/t27-,29-,30-,33+,36-,37?/m0/s1. The van der Waals surface area contributed by atoms with Crippen LogP contribution in [0.2, 0.25) is 0 Å². The van der Waals surface area contributed by atoms with Crippen molar-refractivity contribution in [1.29, 1.82) is 0 Å². The second-order valence-corrected chi connectivity index (χ2v) is 15.9. The van der Waals surface area contributed by atoms with Crippen molar-refractivity contribution in [2.24, 2.45) is 5.92 Å². The number of pyridine rings is 1. The summed E-state index contributed by atoms with van der Waals surface area (Å²) in [6, 6.07) is 14.6. The first-order valence-corrected chi connectivity index (χ1v) is 19.8. The summed E-state index contributed by atoms with van der Waals surface area (Å²) in [5.41, 5.74) is 1.87. The summed E-state index contributed by atoms with van der Waals surface area (Å²) in [7, 11) is 0. The largest absolute Gasteiger partial charge is 0.490 e. The number of anilines is 1. The van der Waals surface area contributed by atoms with E-state index < -0.39 is 29.8 Å². The molecule has 4 aromatic rings.